The molecule has 0 aromatic heterocycles. The number of nitrogens with zero attached hydrogens (tertiary/aromatic N) is 2. The minimum atomic E-state index is -0.656. The maximum absolute atomic E-state index is 12.7. The van der Waals surface area contributed by atoms with Crippen LogP contribution < -0.4 is 10.6 Å². The summed E-state index contributed by atoms with van der Waals surface area (Å²) in [4.78, 5) is 40.4. The minimum absolute atomic E-state index is 0.169. The highest BCUT2D eigenvalue weighted by atomic mass is 16.2. The zero-order chi connectivity index (χ0) is 16.4. The van der Waals surface area contributed by atoms with Gasteiger partial charge in [0.25, 0.3) is 5.91 Å². The Morgan fingerprint density at radius 3 is 2.87 bits per heavy atom. The summed E-state index contributed by atoms with van der Waals surface area (Å²) in [6.07, 6.45) is 0.851. The number of benzene rings is 1. The second kappa shape index (κ2) is 6.28. The van der Waals surface area contributed by atoms with Crippen LogP contribution in [0.25, 0.3) is 0 Å². The number of carbonyl (C=O) groups excluding carboxylic acids is 3. The quantitative estimate of drug-likeness (QED) is 0.850. The molecule has 2 N–H and O–H groups in total. The third kappa shape index (κ3) is 2.86. The van der Waals surface area contributed by atoms with Crippen LogP contribution >= 0.6 is 0 Å². The molecule has 4 amide bonds. The molecule has 0 radical (unpaired) electrons. The maximum Gasteiger partial charge on any atom is 0.317 e. The molecule has 0 aliphatic carbocycles. The highest BCUT2D eigenvalue weighted by Gasteiger charge is 2.40. The molecule has 0 saturated carbocycles. The predicted octanol–water partition coefficient (Wildman–Crippen LogP) is 0.885. The number of carbonyl (C=O) groups is 3. The molecule has 0 spiro atoms. The van der Waals surface area contributed by atoms with Crippen molar-refractivity contribution >= 4 is 23.5 Å². The molecule has 1 saturated heterocycles. The van der Waals surface area contributed by atoms with Gasteiger partial charge in [-0.05, 0) is 18.6 Å². The monoisotopic (exact) mass is 316 g/mol. The van der Waals surface area contributed by atoms with Crippen molar-refractivity contribution in [1.82, 2.24) is 15.1 Å². The summed E-state index contributed by atoms with van der Waals surface area (Å²) in [5, 5.41) is 5.60. The summed E-state index contributed by atoms with van der Waals surface area (Å²) in [6.45, 7) is 3.56. The average molecular weight is 316 g/mol. The Balaban J connectivity index is 1.80. The molecule has 2 heterocycles. The number of anilines is 1. The Morgan fingerprint density at radius 1 is 1.30 bits per heavy atom. The van der Waals surface area contributed by atoms with Crippen LogP contribution in [0.3, 0.4) is 0 Å². The third-order valence-electron chi connectivity index (χ3n) is 4.17. The van der Waals surface area contributed by atoms with Gasteiger partial charge < -0.3 is 20.4 Å². The number of fused-ring (bicyclic) bond motifs is 2. The number of piperazine rings is 1. The first-order valence-electron chi connectivity index (χ1n) is 7.85. The molecule has 7 nitrogen and oxygen atoms in total. The summed E-state index contributed by atoms with van der Waals surface area (Å²) >= 11 is 0. The van der Waals surface area contributed by atoms with Crippen LogP contribution in [-0.4, -0.2) is 59.9 Å². The largest absolute Gasteiger partial charge is 0.338 e. The summed E-state index contributed by atoms with van der Waals surface area (Å²) in [5.41, 5.74) is 1.02. The van der Waals surface area contributed by atoms with Crippen LogP contribution in [0.4, 0.5) is 10.5 Å². The van der Waals surface area contributed by atoms with Crippen molar-refractivity contribution in [3.63, 3.8) is 0 Å². The molecular weight excluding hydrogens is 296 g/mol. The van der Waals surface area contributed by atoms with Crippen molar-refractivity contribution in [3.05, 3.63) is 29.8 Å². The number of rotatable bonds is 2. The van der Waals surface area contributed by atoms with Crippen molar-refractivity contribution in [2.24, 2.45) is 0 Å². The van der Waals surface area contributed by atoms with E-state index in [0.717, 1.165) is 6.42 Å². The van der Waals surface area contributed by atoms with Crippen LogP contribution in [0, 0.1) is 0 Å². The average Bonchev–Trinajstić information content (AvgIpc) is 2.68. The Hall–Kier alpha value is -2.57. The standard InChI is InChI=1S/C16H20N4O3/c1-2-7-17-16(23)19-8-9-20-13(10-19)14(21)18-12-6-4-3-5-11(12)15(20)22/h3-6,13H,2,7-10H2,1H3,(H,17,23)(H,18,21). The summed E-state index contributed by atoms with van der Waals surface area (Å²) in [7, 11) is 0. The van der Waals surface area contributed by atoms with Gasteiger partial charge >= 0.3 is 6.03 Å². The van der Waals surface area contributed by atoms with Gasteiger partial charge in [-0.15, -0.1) is 0 Å². The van der Waals surface area contributed by atoms with E-state index in [-0.39, 0.29) is 24.4 Å². The molecule has 122 valence electrons. The second-order valence-electron chi connectivity index (χ2n) is 5.73. The predicted molar refractivity (Wildman–Crippen MR) is 85.2 cm³/mol. The molecule has 23 heavy (non-hydrogen) atoms. The molecule has 3 rings (SSSR count). The van der Waals surface area contributed by atoms with Gasteiger partial charge in [-0.2, -0.15) is 0 Å². The van der Waals surface area contributed by atoms with Crippen LogP contribution in [0.15, 0.2) is 24.3 Å². The minimum Gasteiger partial charge on any atom is -0.338 e. The molecule has 1 unspecified atom stereocenters. The molecule has 1 atom stereocenters. The molecule has 2 aliphatic heterocycles. The van der Waals surface area contributed by atoms with Gasteiger partial charge in [0.15, 0.2) is 0 Å². The number of para-hydroxylation sites is 1. The Morgan fingerprint density at radius 2 is 2.09 bits per heavy atom. The van der Waals surface area contributed by atoms with Crippen LogP contribution in [-0.2, 0) is 4.79 Å². The fourth-order valence-corrected chi connectivity index (χ4v) is 2.93. The second-order valence-corrected chi connectivity index (χ2v) is 5.73. The van der Waals surface area contributed by atoms with Crippen molar-refractivity contribution in [1.29, 1.82) is 0 Å². The Labute approximate surface area is 134 Å². The number of urea groups is 1. The lowest BCUT2D eigenvalue weighted by molar-refractivity contribution is -0.121. The Bertz CT molecular complexity index is 646. The van der Waals surface area contributed by atoms with E-state index in [1.807, 2.05) is 6.92 Å². The van der Waals surface area contributed by atoms with E-state index in [0.29, 0.717) is 30.9 Å². The van der Waals surface area contributed by atoms with E-state index in [9.17, 15) is 14.4 Å². The number of amides is 4. The van der Waals surface area contributed by atoms with Gasteiger partial charge in [0.05, 0.1) is 17.8 Å². The Kier molecular flexibility index (Phi) is 4.18. The van der Waals surface area contributed by atoms with E-state index in [1.165, 1.54) is 0 Å². The van der Waals surface area contributed by atoms with Gasteiger partial charge in [0.2, 0.25) is 5.91 Å². The van der Waals surface area contributed by atoms with Crippen LogP contribution in [0.1, 0.15) is 23.7 Å². The summed E-state index contributed by atoms with van der Waals surface area (Å²) in [6, 6.07) is 6.14. The summed E-state index contributed by atoms with van der Waals surface area (Å²) in [5.74, 6) is -0.422. The van der Waals surface area contributed by atoms with Gasteiger partial charge in [0, 0.05) is 19.6 Å². The topological polar surface area (TPSA) is 81.8 Å². The van der Waals surface area contributed by atoms with Crippen molar-refractivity contribution in [3.8, 4) is 0 Å². The van der Waals surface area contributed by atoms with Gasteiger partial charge in [-0.25, -0.2) is 4.79 Å². The smallest absolute Gasteiger partial charge is 0.317 e. The van der Waals surface area contributed by atoms with Crippen molar-refractivity contribution in [2.75, 3.05) is 31.5 Å². The van der Waals surface area contributed by atoms with E-state index >= 15 is 0 Å². The molecular formula is C16H20N4O3. The highest BCUT2D eigenvalue weighted by Crippen LogP contribution is 2.25. The number of hydrogen-bond donors (Lipinski definition) is 2. The molecule has 0 bridgehead atoms. The fourth-order valence-electron chi connectivity index (χ4n) is 2.93. The molecule has 1 aromatic carbocycles. The maximum atomic E-state index is 12.7. The summed E-state index contributed by atoms with van der Waals surface area (Å²) < 4.78 is 0. The lowest BCUT2D eigenvalue weighted by atomic mass is 10.1. The first-order chi connectivity index (χ1) is 11.1. The van der Waals surface area contributed by atoms with Crippen molar-refractivity contribution in [2.45, 2.75) is 19.4 Å². The van der Waals surface area contributed by atoms with E-state index in [4.69, 9.17) is 0 Å². The van der Waals surface area contributed by atoms with E-state index < -0.39 is 6.04 Å². The molecule has 1 fully saturated rings. The van der Waals surface area contributed by atoms with Gasteiger partial charge in [-0.3, -0.25) is 9.59 Å². The zero-order valence-electron chi connectivity index (χ0n) is 13.0. The lowest BCUT2D eigenvalue weighted by Gasteiger charge is -2.39. The zero-order valence-corrected chi connectivity index (χ0v) is 13.0. The fraction of sp³-hybridized carbons (Fsp3) is 0.438. The lowest BCUT2D eigenvalue weighted by Crippen LogP contribution is -2.60. The van der Waals surface area contributed by atoms with Gasteiger partial charge in [0.1, 0.15) is 6.04 Å². The highest BCUT2D eigenvalue weighted by molar-refractivity contribution is 6.10. The third-order valence-corrected chi connectivity index (χ3v) is 4.17. The first-order valence-corrected chi connectivity index (χ1v) is 7.85. The molecule has 1 aromatic rings. The van der Waals surface area contributed by atoms with Crippen LogP contribution in [0.5, 0.6) is 0 Å². The molecule has 2 aliphatic rings. The van der Waals surface area contributed by atoms with E-state index in [1.54, 1.807) is 34.1 Å². The molecule has 7 heteroatoms. The number of nitrogens with one attached hydrogen (secondary N) is 2. The SMILES string of the molecule is CCCNC(=O)N1CCN2C(=O)c3ccccc3NC(=O)C2C1. The van der Waals surface area contributed by atoms with Gasteiger partial charge in [-0.1, -0.05) is 19.1 Å². The first kappa shape index (κ1) is 15.3. The number of hydrogen-bond acceptors (Lipinski definition) is 3. The van der Waals surface area contributed by atoms with E-state index in [2.05, 4.69) is 10.6 Å². The van der Waals surface area contributed by atoms with Crippen molar-refractivity contribution < 1.29 is 14.4 Å². The normalized spacial score (nSPS) is 20.3. The van der Waals surface area contributed by atoms with Crippen LogP contribution in [0.2, 0.25) is 0 Å².